The number of alkyl halides is 3. The van der Waals surface area contributed by atoms with Crippen LogP contribution < -0.4 is 14.8 Å². The molecular formula is C20H25F3N4O2. The summed E-state index contributed by atoms with van der Waals surface area (Å²) in [5, 5.41) is 8.12. The van der Waals surface area contributed by atoms with Crippen LogP contribution in [0.3, 0.4) is 0 Å². The Morgan fingerprint density at radius 3 is 2.52 bits per heavy atom. The number of nitrogens with one attached hydrogen (secondary N) is 1. The quantitative estimate of drug-likeness (QED) is 0.768. The minimum atomic E-state index is -4.75. The van der Waals surface area contributed by atoms with Crippen LogP contribution in [0.15, 0.2) is 24.3 Å². The monoisotopic (exact) mass is 410 g/mol. The molecule has 1 saturated heterocycles. The molecule has 3 atom stereocenters. The molecule has 1 aromatic carbocycles. The second-order valence-corrected chi connectivity index (χ2v) is 8.10. The third-order valence-electron chi connectivity index (χ3n) is 5.73. The fraction of sp³-hybridized carbons (Fsp3) is 0.600. The molecule has 1 saturated carbocycles. The van der Waals surface area contributed by atoms with Gasteiger partial charge in [-0.15, -0.1) is 13.2 Å². The summed E-state index contributed by atoms with van der Waals surface area (Å²) in [6, 6.07) is 5.71. The second kappa shape index (κ2) is 7.85. The molecule has 2 fully saturated rings. The Labute approximate surface area is 167 Å². The Morgan fingerprint density at radius 1 is 1.17 bits per heavy atom. The van der Waals surface area contributed by atoms with Crippen molar-refractivity contribution in [2.45, 2.75) is 45.5 Å². The number of halogens is 3. The van der Waals surface area contributed by atoms with Gasteiger partial charge in [0.25, 0.3) is 0 Å². The summed E-state index contributed by atoms with van der Waals surface area (Å²) in [4.78, 5) is 4.57. The van der Waals surface area contributed by atoms with Crippen molar-refractivity contribution in [3.05, 3.63) is 30.1 Å². The lowest BCUT2D eigenvalue weighted by Gasteiger charge is -2.29. The fourth-order valence-electron chi connectivity index (χ4n) is 4.43. The molecule has 158 valence electrons. The number of hydrogen-bond acceptors (Lipinski definition) is 5. The third-order valence-corrected chi connectivity index (χ3v) is 5.73. The number of ether oxygens (including phenoxy) is 2. The van der Waals surface area contributed by atoms with Gasteiger partial charge in [-0.05, 0) is 69.7 Å². The highest BCUT2D eigenvalue weighted by Crippen LogP contribution is 2.41. The minimum absolute atomic E-state index is 0.00519. The maximum atomic E-state index is 12.5. The van der Waals surface area contributed by atoms with Crippen LogP contribution in [0.1, 0.15) is 38.6 Å². The first-order chi connectivity index (χ1) is 13.8. The van der Waals surface area contributed by atoms with E-state index in [0.29, 0.717) is 17.8 Å². The molecule has 6 nitrogen and oxygen atoms in total. The summed E-state index contributed by atoms with van der Waals surface area (Å²) in [6.07, 6.45) is -1.48. The summed E-state index contributed by atoms with van der Waals surface area (Å²) >= 11 is 0. The molecule has 29 heavy (non-hydrogen) atoms. The molecule has 2 bridgehead atoms. The zero-order valence-corrected chi connectivity index (χ0v) is 16.4. The Balaban J connectivity index is 1.52. The number of benzene rings is 1. The number of aromatic nitrogens is 3. The lowest BCUT2D eigenvalue weighted by atomic mass is 9.83. The van der Waals surface area contributed by atoms with Gasteiger partial charge < -0.3 is 14.8 Å². The summed E-state index contributed by atoms with van der Waals surface area (Å²) in [5.74, 6) is 2.48. The zero-order chi connectivity index (χ0) is 20.6. The van der Waals surface area contributed by atoms with Gasteiger partial charge in [0.05, 0.1) is 6.04 Å². The lowest BCUT2D eigenvalue weighted by molar-refractivity contribution is -0.274. The van der Waals surface area contributed by atoms with E-state index in [1.807, 2.05) is 13.8 Å². The van der Waals surface area contributed by atoms with Crippen LogP contribution in [-0.4, -0.2) is 34.2 Å². The Bertz CT molecular complexity index is 836. The molecule has 1 aromatic heterocycles. The maximum Gasteiger partial charge on any atom is 0.573 e. The van der Waals surface area contributed by atoms with Gasteiger partial charge in [-0.25, -0.2) is 4.68 Å². The van der Waals surface area contributed by atoms with E-state index in [2.05, 4.69) is 20.1 Å². The second-order valence-electron chi connectivity index (χ2n) is 8.10. The van der Waals surface area contributed by atoms with Crippen LogP contribution in [0.2, 0.25) is 0 Å². The highest BCUT2D eigenvalue weighted by molar-refractivity contribution is 5.34. The van der Waals surface area contributed by atoms with Crippen LogP contribution in [0.25, 0.3) is 0 Å². The normalized spacial score (nSPS) is 24.1. The van der Waals surface area contributed by atoms with E-state index < -0.39 is 6.36 Å². The van der Waals surface area contributed by atoms with Crippen molar-refractivity contribution < 1.29 is 22.6 Å². The molecule has 2 aromatic rings. The van der Waals surface area contributed by atoms with E-state index in [-0.39, 0.29) is 23.6 Å². The fourth-order valence-corrected chi connectivity index (χ4v) is 4.43. The van der Waals surface area contributed by atoms with E-state index in [1.54, 1.807) is 10.7 Å². The highest BCUT2D eigenvalue weighted by atomic mass is 19.4. The number of rotatable bonds is 6. The molecule has 2 aliphatic rings. The number of nitrogens with zero attached hydrogens (tertiary/aromatic N) is 3. The maximum absolute atomic E-state index is 12.5. The molecule has 1 aliphatic carbocycles. The van der Waals surface area contributed by atoms with Crippen LogP contribution in [0.4, 0.5) is 13.2 Å². The van der Waals surface area contributed by atoms with Gasteiger partial charge in [-0.3, -0.25) is 0 Å². The first kappa shape index (κ1) is 20.0. The van der Waals surface area contributed by atoms with E-state index in [0.717, 1.165) is 25.3 Å². The summed E-state index contributed by atoms with van der Waals surface area (Å²) in [7, 11) is 0. The van der Waals surface area contributed by atoms with E-state index in [1.165, 1.54) is 31.0 Å². The average Bonchev–Trinajstić information content (AvgIpc) is 3.10. The first-order valence-electron chi connectivity index (χ1n) is 9.98. The van der Waals surface area contributed by atoms with Gasteiger partial charge in [0.15, 0.2) is 5.82 Å². The zero-order valence-electron chi connectivity index (χ0n) is 16.4. The molecule has 1 aliphatic heterocycles. The molecule has 1 unspecified atom stereocenters. The van der Waals surface area contributed by atoms with Crippen LogP contribution in [-0.2, 0) is 6.42 Å². The molecule has 2 heterocycles. The van der Waals surface area contributed by atoms with Gasteiger partial charge in [0, 0.05) is 12.5 Å². The largest absolute Gasteiger partial charge is 0.573 e. The molecule has 1 N–H and O–H groups in total. The van der Waals surface area contributed by atoms with Crippen molar-refractivity contribution in [1.29, 1.82) is 0 Å². The van der Waals surface area contributed by atoms with Crippen molar-refractivity contribution in [3.8, 4) is 17.5 Å². The van der Waals surface area contributed by atoms with E-state index in [4.69, 9.17) is 4.74 Å². The minimum Gasteiger partial charge on any atom is -0.424 e. The SMILES string of the molecule is CC(C)n1nc(CC2[C@@H]3CC[C@H]2CNC3)nc1Oc1cccc(OC(F)(F)F)c1. The van der Waals surface area contributed by atoms with Gasteiger partial charge in [-0.2, -0.15) is 10.1 Å². The van der Waals surface area contributed by atoms with E-state index in [9.17, 15) is 13.2 Å². The third kappa shape index (κ3) is 4.66. The Kier molecular flexibility index (Phi) is 5.42. The standard InChI is InChI=1S/C20H25F3N4O2/c1-12(2)27-19(28-15-4-3-5-16(8-15)29-20(21,22)23)25-18(26-27)9-17-13-6-7-14(17)11-24-10-13/h3-5,8,12-14,17,24H,6-7,9-11H2,1-2H3/t13-,14+,17?. The first-order valence-corrected chi connectivity index (χ1v) is 9.98. The van der Waals surface area contributed by atoms with Gasteiger partial charge >= 0.3 is 12.4 Å². The molecular weight excluding hydrogens is 385 g/mol. The smallest absolute Gasteiger partial charge is 0.424 e. The molecule has 0 radical (unpaired) electrons. The predicted molar refractivity (Wildman–Crippen MR) is 99.9 cm³/mol. The van der Waals surface area contributed by atoms with Gasteiger partial charge in [-0.1, -0.05) is 6.07 Å². The summed E-state index contributed by atoms with van der Waals surface area (Å²) in [6.45, 7) is 6.01. The molecule has 4 rings (SSSR count). The van der Waals surface area contributed by atoms with Crippen molar-refractivity contribution in [2.75, 3.05) is 13.1 Å². The topological polar surface area (TPSA) is 61.2 Å². The van der Waals surface area contributed by atoms with Crippen molar-refractivity contribution in [3.63, 3.8) is 0 Å². The Hall–Kier alpha value is -2.29. The van der Waals surface area contributed by atoms with Crippen LogP contribution in [0, 0.1) is 17.8 Å². The number of fused-ring (bicyclic) bond motifs is 2. The Morgan fingerprint density at radius 2 is 1.86 bits per heavy atom. The van der Waals surface area contributed by atoms with E-state index >= 15 is 0 Å². The van der Waals surface area contributed by atoms with Gasteiger partial charge in [0.1, 0.15) is 11.5 Å². The van der Waals surface area contributed by atoms with Gasteiger partial charge in [0.2, 0.25) is 0 Å². The van der Waals surface area contributed by atoms with Crippen LogP contribution >= 0.6 is 0 Å². The molecule has 0 amide bonds. The summed E-state index contributed by atoms with van der Waals surface area (Å²) in [5.41, 5.74) is 0. The molecule has 0 spiro atoms. The van der Waals surface area contributed by atoms with Crippen molar-refractivity contribution in [1.82, 2.24) is 20.1 Å². The predicted octanol–water partition coefficient (Wildman–Crippen LogP) is 4.34. The highest BCUT2D eigenvalue weighted by Gasteiger charge is 2.39. The average molecular weight is 410 g/mol. The van der Waals surface area contributed by atoms with Crippen molar-refractivity contribution in [2.24, 2.45) is 17.8 Å². The van der Waals surface area contributed by atoms with Crippen molar-refractivity contribution >= 4 is 0 Å². The lowest BCUT2D eigenvalue weighted by Crippen LogP contribution is -2.39. The molecule has 9 heteroatoms. The number of hydrogen-bond donors (Lipinski definition) is 1. The van der Waals surface area contributed by atoms with Crippen LogP contribution in [0.5, 0.6) is 17.5 Å². The number of piperidine rings is 1. The summed E-state index contributed by atoms with van der Waals surface area (Å²) < 4.78 is 48.8.